The molecule has 138 valence electrons. The highest BCUT2D eigenvalue weighted by Gasteiger charge is 2.16. The summed E-state index contributed by atoms with van der Waals surface area (Å²) in [7, 11) is 0. The van der Waals surface area contributed by atoms with E-state index >= 15 is 0 Å². The number of hydrogen-bond donors (Lipinski definition) is 0. The molecule has 0 saturated heterocycles. The normalized spacial score (nSPS) is 12.8. The third-order valence-electron chi connectivity index (χ3n) is 4.23. The molecule has 0 saturated carbocycles. The van der Waals surface area contributed by atoms with Gasteiger partial charge in [-0.3, -0.25) is 4.79 Å². The SMILES string of the molecule is CC(C)=CCCC(C)=CCOC(=O)C(C)c1ccc(CC(C)C)cc1. The average Bonchev–Trinajstić information content (AvgIpc) is 2.54. The Kier molecular flexibility index (Phi) is 9.26. The highest BCUT2D eigenvalue weighted by Crippen LogP contribution is 2.19. The Bertz CT molecular complexity index is 587. The Balaban J connectivity index is 2.47. The molecule has 0 aliphatic carbocycles. The summed E-state index contributed by atoms with van der Waals surface area (Å²) >= 11 is 0. The summed E-state index contributed by atoms with van der Waals surface area (Å²) in [6, 6.07) is 8.33. The van der Waals surface area contributed by atoms with Crippen molar-refractivity contribution in [3.63, 3.8) is 0 Å². The molecule has 2 heteroatoms. The molecule has 1 rings (SSSR count). The van der Waals surface area contributed by atoms with E-state index in [4.69, 9.17) is 4.74 Å². The Labute approximate surface area is 154 Å². The van der Waals surface area contributed by atoms with E-state index < -0.39 is 0 Å². The van der Waals surface area contributed by atoms with Crippen LogP contribution in [-0.2, 0) is 16.0 Å². The molecule has 0 bridgehead atoms. The molecule has 0 spiro atoms. The van der Waals surface area contributed by atoms with Gasteiger partial charge in [-0.25, -0.2) is 0 Å². The lowest BCUT2D eigenvalue weighted by Crippen LogP contribution is -2.13. The van der Waals surface area contributed by atoms with Gasteiger partial charge in [0.05, 0.1) is 5.92 Å². The Morgan fingerprint density at radius 2 is 1.68 bits per heavy atom. The van der Waals surface area contributed by atoms with Crippen LogP contribution in [0.5, 0.6) is 0 Å². The maximum atomic E-state index is 12.2. The first-order valence-corrected chi connectivity index (χ1v) is 9.34. The van der Waals surface area contributed by atoms with Crippen molar-refractivity contribution in [2.75, 3.05) is 6.61 Å². The van der Waals surface area contributed by atoms with Crippen LogP contribution in [0.15, 0.2) is 47.6 Å². The zero-order valence-electron chi connectivity index (χ0n) is 16.8. The van der Waals surface area contributed by atoms with E-state index in [0.717, 1.165) is 24.8 Å². The molecule has 0 aromatic heterocycles. The molecular weight excluding hydrogens is 308 g/mol. The number of carbonyl (C=O) groups is 1. The minimum Gasteiger partial charge on any atom is -0.461 e. The van der Waals surface area contributed by atoms with Gasteiger partial charge in [-0.15, -0.1) is 0 Å². The Morgan fingerprint density at radius 1 is 1.04 bits per heavy atom. The van der Waals surface area contributed by atoms with E-state index in [0.29, 0.717) is 12.5 Å². The van der Waals surface area contributed by atoms with E-state index in [1.165, 1.54) is 16.7 Å². The molecule has 2 nitrogen and oxygen atoms in total. The van der Waals surface area contributed by atoms with Crippen molar-refractivity contribution >= 4 is 5.97 Å². The smallest absolute Gasteiger partial charge is 0.313 e. The molecule has 25 heavy (non-hydrogen) atoms. The van der Waals surface area contributed by atoms with Gasteiger partial charge in [0.15, 0.2) is 0 Å². The summed E-state index contributed by atoms with van der Waals surface area (Å²) in [5.74, 6) is 0.248. The summed E-state index contributed by atoms with van der Waals surface area (Å²) in [6.07, 6.45) is 7.35. The van der Waals surface area contributed by atoms with Crippen LogP contribution in [0, 0.1) is 5.92 Å². The van der Waals surface area contributed by atoms with Crippen LogP contribution >= 0.6 is 0 Å². The average molecular weight is 343 g/mol. The molecule has 1 atom stereocenters. The van der Waals surface area contributed by atoms with Gasteiger partial charge in [-0.2, -0.15) is 0 Å². The second kappa shape index (κ2) is 10.9. The molecule has 0 fully saturated rings. The summed E-state index contributed by atoms with van der Waals surface area (Å²) < 4.78 is 5.42. The lowest BCUT2D eigenvalue weighted by molar-refractivity contribution is -0.143. The minimum atomic E-state index is -0.229. The number of esters is 1. The maximum absolute atomic E-state index is 12.2. The van der Waals surface area contributed by atoms with Crippen molar-refractivity contribution in [3.8, 4) is 0 Å². The van der Waals surface area contributed by atoms with Crippen LogP contribution in [0.3, 0.4) is 0 Å². The molecule has 1 aromatic carbocycles. The van der Waals surface area contributed by atoms with Crippen LogP contribution in [-0.4, -0.2) is 12.6 Å². The lowest BCUT2D eigenvalue weighted by atomic mass is 9.97. The zero-order valence-corrected chi connectivity index (χ0v) is 16.8. The maximum Gasteiger partial charge on any atom is 0.313 e. The van der Waals surface area contributed by atoms with Crippen LogP contribution in [0.4, 0.5) is 0 Å². The number of ether oxygens (including phenoxy) is 1. The van der Waals surface area contributed by atoms with Gasteiger partial charge in [-0.05, 0) is 70.1 Å². The summed E-state index contributed by atoms with van der Waals surface area (Å²) in [5.41, 5.74) is 4.93. The number of hydrogen-bond acceptors (Lipinski definition) is 2. The highest BCUT2D eigenvalue weighted by molar-refractivity contribution is 5.77. The van der Waals surface area contributed by atoms with Crippen molar-refractivity contribution in [1.82, 2.24) is 0 Å². The third kappa shape index (κ3) is 8.72. The van der Waals surface area contributed by atoms with Crippen molar-refractivity contribution in [2.24, 2.45) is 5.92 Å². The predicted molar refractivity (Wildman–Crippen MR) is 107 cm³/mol. The number of benzene rings is 1. The number of rotatable bonds is 9. The van der Waals surface area contributed by atoms with E-state index in [1.54, 1.807) is 0 Å². The second-order valence-electron chi connectivity index (χ2n) is 7.56. The van der Waals surface area contributed by atoms with Gasteiger partial charge in [0.25, 0.3) is 0 Å². The first-order chi connectivity index (χ1) is 11.8. The second-order valence-corrected chi connectivity index (χ2v) is 7.56. The lowest BCUT2D eigenvalue weighted by Gasteiger charge is -2.12. The van der Waals surface area contributed by atoms with Gasteiger partial charge < -0.3 is 4.74 Å². The standard InChI is InChI=1S/C23H34O2/c1-17(2)8-7-9-19(5)14-15-25-23(24)20(6)22-12-10-21(11-13-22)16-18(3)4/h8,10-14,18,20H,7,9,15-16H2,1-6H3. The molecule has 0 heterocycles. The summed E-state index contributed by atoms with van der Waals surface area (Å²) in [4.78, 5) is 12.2. The van der Waals surface area contributed by atoms with E-state index in [-0.39, 0.29) is 11.9 Å². The zero-order chi connectivity index (χ0) is 18.8. The van der Waals surface area contributed by atoms with E-state index in [9.17, 15) is 4.79 Å². The molecule has 1 aromatic rings. The molecule has 0 aliphatic heterocycles. The van der Waals surface area contributed by atoms with Gasteiger partial charge >= 0.3 is 5.97 Å². The number of allylic oxidation sites excluding steroid dienone is 3. The molecular formula is C23H34O2. The van der Waals surface area contributed by atoms with E-state index in [1.807, 2.05) is 25.1 Å². The van der Waals surface area contributed by atoms with Crippen molar-refractivity contribution in [2.45, 2.75) is 66.7 Å². The van der Waals surface area contributed by atoms with Crippen LogP contribution < -0.4 is 0 Å². The van der Waals surface area contributed by atoms with Crippen molar-refractivity contribution in [1.29, 1.82) is 0 Å². The monoisotopic (exact) mass is 342 g/mol. The topological polar surface area (TPSA) is 26.3 Å². The first kappa shape index (κ1) is 21.2. The first-order valence-electron chi connectivity index (χ1n) is 9.34. The summed E-state index contributed by atoms with van der Waals surface area (Å²) in [5, 5.41) is 0. The van der Waals surface area contributed by atoms with Crippen molar-refractivity contribution in [3.05, 3.63) is 58.7 Å². The fourth-order valence-electron chi connectivity index (χ4n) is 2.63. The fourth-order valence-corrected chi connectivity index (χ4v) is 2.63. The van der Waals surface area contributed by atoms with Crippen molar-refractivity contribution < 1.29 is 9.53 Å². The molecule has 0 amide bonds. The van der Waals surface area contributed by atoms with Gasteiger partial charge in [0.2, 0.25) is 0 Å². The fraction of sp³-hybridized carbons (Fsp3) is 0.522. The van der Waals surface area contributed by atoms with Gasteiger partial charge in [0, 0.05) is 0 Å². The largest absolute Gasteiger partial charge is 0.461 e. The molecule has 0 N–H and O–H groups in total. The van der Waals surface area contributed by atoms with Gasteiger partial charge in [-0.1, -0.05) is 55.3 Å². The van der Waals surface area contributed by atoms with Gasteiger partial charge in [0.1, 0.15) is 6.61 Å². The minimum absolute atomic E-state index is 0.162. The summed E-state index contributed by atoms with van der Waals surface area (Å²) in [6.45, 7) is 13.0. The predicted octanol–water partition coefficient (Wildman–Crippen LogP) is 6.22. The molecule has 1 unspecified atom stereocenters. The van der Waals surface area contributed by atoms with Crippen LogP contribution in [0.25, 0.3) is 0 Å². The number of carbonyl (C=O) groups excluding carboxylic acids is 1. The quantitative estimate of drug-likeness (QED) is 0.393. The Hall–Kier alpha value is -1.83. The van der Waals surface area contributed by atoms with E-state index in [2.05, 4.69) is 52.8 Å². The molecule has 0 aliphatic rings. The van der Waals surface area contributed by atoms with Crippen LogP contribution in [0.1, 0.15) is 71.4 Å². The third-order valence-corrected chi connectivity index (χ3v) is 4.23. The van der Waals surface area contributed by atoms with Crippen LogP contribution in [0.2, 0.25) is 0 Å². The highest BCUT2D eigenvalue weighted by atomic mass is 16.5. The molecule has 0 radical (unpaired) electrons. The Morgan fingerprint density at radius 3 is 2.24 bits per heavy atom.